The molecule has 0 saturated heterocycles. The minimum atomic E-state index is -0.845. The fraction of sp³-hybridized carbons (Fsp3) is 0.294. The number of carbonyl (C=O) groups excluding carboxylic acids is 2. The third-order valence-electron chi connectivity index (χ3n) is 8.02. The first-order valence-electron chi connectivity index (χ1n) is 14.5. The predicted molar refractivity (Wildman–Crippen MR) is 179 cm³/mol. The molecular weight excluding hydrogens is 674 g/mol. The number of halogens is 1. The van der Waals surface area contributed by atoms with Gasteiger partial charge >= 0.3 is 11.9 Å². The summed E-state index contributed by atoms with van der Waals surface area (Å²) in [6.07, 6.45) is 1.84. The minimum Gasteiger partial charge on any atom is -0.493 e. The van der Waals surface area contributed by atoms with Gasteiger partial charge in [-0.3, -0.25) is 9.36 Å². The van der Waals surface area contributed by atoms with Gasteiger partial charge in [0.1, 0.15) is 0 Å². The van der Waals surface area contributed by atoms with Gasteiger partial charge in [0.05, 0.1) is 55.3 Å². The number of rotatable bonds is 8. The summed E-state index contributed by atoms with van der Waals surface area (Å²) in [6.45, 7) is 9.45. The Hall–Kier alpha value is -4.42. The second kappa shape index (κ2) is 13.1. The van der Waals surface area contributed by atoms with E-state index < -0.39 is 18.0 Å². The Kier molecular flexibility index (Phi) is 9.41. The maximum Gasteiger partial charge on any atom is 0.338 e. The highest BCUT2D eigenvalue weighted by Gasteiger charge is 2.35. The van der Waals surface area contributed by atoms with Crippen LogP contribution in [0.25, 0.3) is 11.8 Å². The summed E-state index contributed by atoms with van der Waals surface area (Å²) >= 11 is 4.88. The van der Waals surface area contributed by atoms with E-state index in [-0.39, 0.29) is 17.7 Å². The summed E-state index contributed by atoms with van der Waals surface area (Å²) in [6, 6.07) is 10.1. The van der Waals surface area contributed by atoms with Gasteiger partial charge in [-0.25, -0.2) is 14.6 Å². The molecular formula is C34H34BrN3O7S. The summed E-state index contributed by atoms with van der Waals surface area (Å²) in [5, 5.41) is 0. The van der Waals surface area contributed by atoms with Crippen molar-refractivity contribution in [3.8, 4) is 17.2 Å². The number of thiazole rings is 1. The molecule has 1 aliphatic rings. The van der Waals surface area contributed by atoms with Crippen LogP contribution < -0.4 is 24.4 Å². The van der Waals surface area contributed by atoms with Gasteiger partial charge in [-0.15, -0.1) is 0 Å². The molecule has 0 unspecified atom stereocenters. The average Bonchev–Trinajstić information content (AvgIpc) is 3.49. The molecule has 1 aliphatic heterocycles. The summed E-state index contributed by atoms with van der Waals surface area (Å²) in [5.74, 6) is -0.0274. The number of benzene rings is 2. The highest BCUT2D eigenvalue weighted by Crippen LogP contribution is 2.41. The molecule has 0 aliphatic carbocycles. The molecule has 0 saturated carbocycles. The molecule has 0 N–H and O–H groups in total. The second-order valence-corrected chi connectivity index (χ2v) is 12.5. The van der Waals surface area contributed by atoms with E-state index in [0.717, 1.165) is 28.2 Å². The fourth-order valence-corrected chi connectivity index (χ4v) is 7.38. The van der Waals surface area contributed by atoms with E-state index in [1.807, 2.05) is 45.0 Å². The van der Waals surface area contributed by atoms with Gasteiger partial charge in [-0.05, 0) is 87.7 Å². The molecule has 12 heteroatoms. The van der Waals surface area contributed by atoms with Crippen molar-refractivity contribution in [2.24, 2.45) is 4.99 Å². The lowest BCUT2D eigenvalue weighted by Gasteiger charge is -2.26. The summed E-state index contributed by atoms with van der Waals surface area (Å²) in [4.78, 5) is 45.2. The van der Waals surface area contributed by atoms with E-state index in [9.17, 15) is 14.4 Å². The number of nitrogens with zero attached hydrogens (tertiary/aromatic N) is 3. The van der Waals surface area contributed by atoms with E-state index in [1.54, 1.807) is 32.0 Å². The van der Waals surface area contributed by atoms with Crippen molar-refractivity contribution in [1.29, 1.82) is 0 Å². The van der Waals surface area contributed by atoms with Crippen molar-refractivity contribution in [1.82, 2.24) is 9.13 Å². The molecule has 0 radical (unpaired) electrons. The molecule has 240 valence electrons. The predicted octanol–water partition coefficient (Wildman–Crippen LogP) is 5.08. The van der Waals surface area contributed by atoms with Crippen LogP contribution in [0, 0.1) is 20.8 Å². The van der Waals surface area contributed by atoms with E-state index in [0.29, 0.717) is 42.1 Å². The molecule has 0 amide bonds. The maximum absolute atomic E-state index is 14.3. The minimum absolute atomic E-state index is 0.164. The number of allylic oxidation sites excluding steroid dienone is 1. The van der Waals surface area contributed by atoms with Crippen molar-refractivity contribution in [2.75, 3.05) is 27.9 Å². The Balaban J connectivity index is 1.72. The zero-order valence-electron chi connectivity index (χ0n) is 26.8. The summed E-state index contributed by atoms with van der Waals surface area (Å²) in [5.41, 5.74) is 5.76. The van der Waals surface area contributed by atoms with Crippen LogP contribution in [0.1, 0.15) is 58.3 Å². The Morgan fingerprint density at radius 1 is 1.02 bits per heavy atom. The number of carbonyl (C=O) groups is 2. The zero-order valence-corrected chi connectivity index (χ0v) is 29.2. The Labute approximate surface area is 278 Å². The molecule has 2 aromatic heterocycles. The highest BCUT2D eigenvalue weighted by molar-refractivity contribution is 9.10. The number of fused-ring (bicyclic) bond motifs is 1. The van der Waals surface area contributed by atoms with Gasteiger partial charge < -0.3 is 23.5 Å². The van der Waals surface area contributed by atoms with Gasteiger partial charge in [0.2, 0.25) is 0 Å². The SMILES string of the molecule is CCOC(=O)C1=C(C)N=c2s/c(=C/c3cc(C)n(-c4cccc(C(=O)OC)c4C)c3C)c(=O)n2[C@H]1c1cc(OC)c(OC)cc1Br. The van der Waals surface area contributed by atoms with Crippen LogP contribution >= 0.6 is 27.3 Å². The number of esters is 2. The molecule has 0 spiro atoms. The van der Waals surface area contributed by atoms with Gasteiger partial charge in [-0.2, -0.15) is 0 Å². The fourth-order valence-electron chi connectivity index (χ4n) is 5.81. The smallest absolute Gasteiger partial charge is 0.338 e. The third-order valence-corrected chi connectivity index (χ3v) is 9.69. The number of hydrogen-bond acceptors (Lipinski definition) is 9. The van der Waals surface area contributed by atoms with Crippen LogP contribution in [-0.2, 0) is 14.3 Å². The molecule has 0 fully saturated rings. The quantitative estimate of drug-likeness (QED) is 0.235. The van der Waals surface area contributed by atoms with E-state index >= 15 is 0 Å². The monoisotopic (exact) mass is 707 g/mol. The summed E-state index contributed by atoms with van der Waals surface area (Å²) < 4.78 is 26.1. The van der Waals surface area contributed by atoms with Crippen molar-refractivity contribution >= 4 is 45.3 Å². The number of aromatic nitrogens is 2. The molecule has 3 heterocycles. The second-order valence-electron chi connectivity index (χ2n) is 10.6. The van der Waals surface area contributed by atoms with Crippen molar-refractivity contribution < 1.29 is 28.5 Å². The number of ether oxygens (including phenoxy) is 4. The van der Waals surface area contributed by atoms with Crippen LogP contribution in [-0.4, -0.2) is 49.0 Å². The van der Waals surface area contributed by atoms with Crippen LogP contribution in [0.4, 0.5) is 0 Å². The first-order valence-corrected chi connectivity index (χ1v) is 16.1. The molecule has 10 nitrogen and oxygen atoms in total. The Morgan fingerprint density at radius 3 is 2.37 bits per heavy atom. The standard InChI is InChI=1S/C34H34BrN3O7S/c1-9-45-33(41)29-19(4)36-34-38(30(29)23-15-26(42-6)27(43-7)16-24(23)35)31(39)28(46-34)14-21-13-17(2)37(20(21)5)25-12-10-11-22(18(25)3)32(40)44-8/h10-16,30H,9H2,1-8H3/b28-14+/t30-/m0/s1. The average molecular weight is 709 g/mol. The van der Waals surface area contributed by atoms with E-state index in [1.165, 1.54) is 37.2 Å². The van der Waals surface area contributed by atoms with Crippen LogP contribution in [0.2, 0.25) is 0 Å². The van der Waals surface area contributed by atoms with Crippen LogP contribution in [0.3, 0.4) is 0 Å². The number of aryl methyl sites for hydroxylation is 1. The first-order chi connectivity index (χ1) is 22.0. The zero-order chi connectivity index (χ0) is 33.4. The first kappa shape index (κ1) is 33.0. The lowest BCUT2D eigenvalue weighted by Crippen LogP contribution is -2.40. The van der Waals surface area contributed by atoms with E-state index in [2.05, 4.69) is 20.5 Å². The van der Waals surface area contributed by atoms with Gasteiger partial charge in [-0.1, -0.05) is 33.3 Å². The van der Waals surface area contributed by atoms with Crippen molar-refractivity contribution in [3.05, 3.63) is 105 Å². The van der Waals surface area contributed by atoms with Gasteiger partial charge in [0, 0.05) is 21.5 Å². The van der Waals surface area contributed by atoms with Crippen LogP contribution in [0.5, 0.6) is 11.5 Å². The summed E-state index contributed by atoms with van der Waals surface area (Å²) in [7, 11) is 4.42. The molecule has 2 aromatic carbocycles. The lowest BCUT2D eigenvalue weighted by atomic mass is 9.95. The van der Waals surface area contributed by atoms with Crippen LogP contribution in [0.15, 0.2) is 61.9 Å². The molecule has 4 aromatic rings. The molecule has 0 bridgehead atoms. The largest absolute Gasteiger partial charge is 0.493 e. The normalized spacial score (nSPS) is 14.5. The van der Waals surface area contributed by atoms with Crippen molar-refractivity contribution in [3.63, 3.8) is 0 Å². The lowest BCUT2D eigenvalue weighted by molar-refractivity contribution is -0.139. The van der Waals surface area contributed by atoms with E-state index in [4.69, 9.17) is 23.9 Å². The Morgan fingerprint density at radius 2 is 1.72 bits per heavy atom. The third kappa shape index (κ3) is 5.60. The van der Waals surface area contributed by atoms with Crippen molar-refractivity contribution in [2.45, 2.75) is 40.7 Å². The molecule has 1 atom stereocenters. The van der Waals surface area contributed by atoms with Gasteiger partial charge in [0.25, 0.3) is 5.56 Å². The highest BCUT2D eigenvalue weighted by atomic mass is 79.9. The molecule has 46 heavy (non-hydrogen) atoms. The number of methoxy groups -OCH3 is 3. The molecule has 5 rings (SSSR count). The Bertz CT molecular complexity index is 2110. The maximum atomic E-state index is 14.3. The van der Waals surface area contributed by atoms with Gasteiger partial charge in [0.15, 0.2) is 16.3 Å². The number of hydrogen-bond donors (Lipinski definition) is 0. The topological polar surface area (TPSA) is 110 Å².